The minimum Gasteiger partial charge on any atom is -0.465 e. The highest BCUT2D eigenvalue weighted by Gasteiger charge is 2.39. The number of aliphatic hydroxyl groups is 1. The lowest BCUT2D eigenvalue weighted by Gasteiger charge is -2.31. The van der Waals surface area contributed by atoms with Crippen molar-refractivity contribution in [3.05, 3.63) is 34.3 Å². The summed E-state index contributed by atoms with van der Waals surface area (Å²) < 4.78 is 5.08. The molecule has 0 bridgehead atoms. The van der Waals surface area contributed by atoms with E-state index in [1.54, 1.807) is 32.1 Å². The van der Waals surface area contributed by atoms with Gasteiger partial charge in [0, 0.05) is 23.6 Å². The second-order valence-electron chi connectivity index (χ2n) is 9.12. The van der Waals surface area contributed by atoms with Crippen molar-refractivity contribution in [1.82, 2.24) is 4.98 Å². The van der Waals surface area contributed by atoms with E-state index < -0.39 is 17.5 Å². The summed E-state index contributed by atoms with van der Waals surface area (Å²) in [7, 11) is 0. The molecule has 1 N–H and O–H groups in total. The topological polar surface area (TPSA) is 93.6 Å². The zero-order valence-corrected chi connectivity index (χ0v) is 21.6. The smallest absolute Gasteiger partial charge is 0.308 e. The highest BCUT2D eigenvalue weighted by Crippen LogP contribution is 2.31. The van der Waals surface area contributed by atoms with Gasteiger partial charge in [0.15, 0.2) is 0 Å². The van der Waals surface area contributed by atoms with Crippen LogP contribution in [0.5, 0.6) is 0 Å². The first kappa shape index (κ1) is 28.9. The number of carbonyl (C=O) groups excluding carboxylic acids is 3. The molecule has 1 aromatic heterocycles. The number of carbonyl (C=O) groups is 3. The Labute approximate surface area is 202 Å². The van der Waals surface area contributed by atoms with E-state index in [2.05, 4.69) is 10.4 Å². The van der Waals surface area contributed by atoms with Gasteiger partial charge in [-0.3, -0.25) is 14.4 Å². The molecule has 1 aromatic rings. The first-order chi connectivity index (χ1) is 15.5. The molecule has 0 aromatic carbocycles. The molecule has 184 valence electrons. The van der Waals surface area contributed by atoms with Crippen LogP contribution in [0.4, 0.5) is 0 Å². The SMILES string of the molecule is C/C=C\c1csc(C)n1.CC1CC(C)C(=O)C(C)(C)C(O)CC(=O)OCC/C=C\CCC1=O. The summed E-state index contributed by atoms with van der Waals surface area (Å²) in [6.45, 7) is 11.1. The molecule has 2 heterocycles. The van der Waals surface area contributed by atoms with Gasteiger partial charge in [-0.05, 0) is 39.2 Å². The van der Waals surface area contributed by atoms with E-state index >= 15 is 0 Å². The number of ketones is 2. The highest BCUT2D eigenvalue weighted by atomic mass is 32.1. The zero-order valence-electron chi connectivity index (χ0n) is 20.8. The van der Waals surface area contributed by atoms with E-state index in [0.717, 1.165) is 10.7 Å². The number of aryl methyl sites for hydroxylation is 1. The molecule has 0 amide bonds. The second-order valence-corrected chi connectivity index (χ2v) is 10.2. The number of hydrogen-bond acceptors (Lipinski definition) is 7. The lowest BCUT2D eigenvalue weighted by molar-refractivity contribution is -0.150. The Morgan fingerprint density at radius 3 is 2.42 bits per heavy atom. The van der Waals surface area contributed by atoms with Crippen molar-refractivity contribution < 1.29 is 24.2 Å². The van der Waals surface area contributed by atoms with Crippen LogP contribution >= 0.6 is 11.3 Å². The van der Waals surface area contributed by atoms with Gasteiger partial charge in [0.05, 0.1) is 35.2 Å². The number of aromatic nitrogens is 1. The number of esters is 1. The van der Waals surface area contributed by atoms with Gasteiger partial charge in [0.1, 0.15) is 11.6 Å². The Hall–Kier alpha value is -2.12. The van der Waals surface area contributed by atoms with Crippen molar-refractivity contribution in [2.75, 3.05) is 6.61 Å². The lowest BCUT2D eigenvalue weighted by Crippen LogP contribution is -2.42. The Morgan fingerprint density at radius 2 is 1.82 bits per heavy atom. The number of cyclic esters (lactones) is 1. The average Bonchev–Trinajstić information content (AvgIpc) is 3.16. The van der Waals surface area contributed by atoms with Crippen LogP contribution in [0.15, 0.2) is 23.6 Å². The van der Waals surface area contributed by atoms with Gasteiger partial charge in [-0.1, -0.05) is 45.9 Å². The summed E-state index contributed by atoms with van der Waals surface area (Å²) in [5.41, 5.74) is 0.0121. The Morgan fingerprint density at radius 1 is 1.15 bits per heavy atom. The van der Waals surface area contributed by atoms with Crippen molar-refractivity contribution in [2.24, 2.45) is 17.3 Å². The van der Waals surface area contributed by atoms with E-state index in [9.17, 15) is 19.5 Å². The Bertz CT molecular complexity index is 839. The van der Waals surface area contributed by atoms with Crippen LogP contribution < -0.4 is 0 Å². The summed E-state index contributed by atoms with van der Waals surface area (Å²) in [5.74, 6) is -1.03. The lowest BCUT2D eigenvalue weighted by atomic mass is 9.74. The summed E-state index contributed by atoms with van der Waals surface area (Å²) in [4.78, 5) is 40.9. The minimum atomic E-state index is -1.10. The molecule has 0 saturated carbocycles. The third-order valence-electron chi connectivity index (χ3n) is 5.78. The Kier molecular flexibility index (Phi) is 12.4. The van der Waals surface area contributed by atoms with Crippen molar-refractivity contribution in [2.45, 2.75) is 79.8 Å². The highest BCUT2D eigenvalue weighted by molar-refractivity contribution is 7.09. The maximum Gasteiger partial charge on any atom is 0.308 e. The van der Waals surface area contributed by atoms with E-state index in [-0.39, 0.29) is 36.4 Å². The zero-order chi connectivity index (χ0) is 25.0. The number of hydrogen-bond donors (Lipinski definition) is 1. The van der Waals surface area contributed by atoms with E-state index in [0.29, 0.717) is 25.7 Å². The molecular formula is C26H39NO5S. The predicted molar refractivity (Wildman–Crippen MR) is 133 cm³/mol. The van der Waals surface area contributed by atoms with Crippen LogP contribution in [0.25, 0.3) is 6.08 Å². The quantitative estimate of drug-likeness (QED) is 0.434. The maximum atomic E-state index is 12.7. The van der Waals surface area contributed by atoms with Gasteiger partial charge in [-0.15, -0.1) is 11.3 Å². The fraction of sp³-hybridized carbons (Fsp3) is 0.615. The fourth-order valence-corrected chi connectivity index (χ4v) is 4.20. The number of Topliss-reactive ketones (excluding diaryl/α,β-unsaturated/α-hetero) is 2. The van der Waals surface area contributed by atoms with Gasteiger partial charge in [0.2, 0.25) is 0 Å². The molecule has 0 radical (unpaired) electrons. The van der Waals surface area contributed by atoms with Gasteiger partial charge >= 0.3 is 5.97 Å². The molecule has 1 aliphatic rings. The number of rotatable bonds is 1. The van der Waals surface area contributed by atoms with Crippen molar-refractivity contribution in [3.63, 3.8) is 0 Å². The number of ether oxygens (including phenoxy) is 1. The largest absolute Gasteiger partial charge is 0.465 e. The molecule has 2 rings (SSSR count). The average molecular weight is 478 g/mol. The molecule has 3 atom stereocenters. The van der Waals surface area contributed by atoms with E-state index in [1.807, 2.05) is 45.1 Å². The van der Waals surface area contributed by atoms with Crippen LogP contribution in [-0.2, 0) is 19.1 Å². The summed E-state index contributed by atoms with van der Waals surface area (Å²) >= 11 is 1.68. The molecule has 7 heteroatoms. The van der Waals surface area contributed by atoms with Crippen molar-refractivity contribution in [3.8, 4) is 0 Å². The number of aliphatic hydroxyl groups excluding tert-OH is 1. The number of nitrogens with zero attached hydrogens (tertiary/aromatic N) is 1. The number of allylic oxidation sites excluding steroid dienone is 2. The normalized spacial score (nSPS) is 26.4. The maximum absolute atomic E-state index is 12.7. The fourth-order valence-electron chi connectivity index (χ4n) is 3.62. The first-order valence-corrected chi connectivity index (χ1v) is 12.5. The third-order valence-corrected chi connectivity index (χ3v) is 6.57. The van der Waals surface area contributed by atoms with Gasteiger partial charge < -0.3 is 9.84 Å². The molecule has 33 heavy (non-hydrogen) atoms. The molecule has 0 aliphatic carbocycles. The van der Waals surface area contributed by atoms with Crippen LogP contribution in [0, 0.1) is 24.2 Å². The molecule has 0 fully saturated rings. The van der Waals surface area contributed by atoms with Crippen molar-refractivity contribution >= 4 is 34.9 Å². The minimum absolute atomic E-state index is 0.130. The van der Waals surface area contributed by atoms with Crippen LogP contribution in [0.2, 0.25) is 0 Å². The molecule has 1 aliphatic heterocycles. The molecule has 3 unspecified atom stereocenters. The predicted octanol–water partition coefficient (Wildman–Crippen LogP) is 5.33. The van der Waals surface area contributed by atoms with E-state index in [4.69, 9.17) is 4.74 Å². The van der Waals surface area contributed by atoms with Gasteiger partial charge in [-0.2, -0.15) is 0 Å². The summed E-state index contributed by atoms with van der Waals surface area (Å²) in [6, 6.07) is 0. The molecule has 0 saturated heterocycles. The number of thiazole rings is 1. The monoisotopic (exact) mass is 477 g/mol. The van der Waals surface area contributed by atoms with Crippen LogP contribution in [0.1, 0.15) is 77.4 Å². The van der Waals surface area contributed by atoms with E-state index in [1.165, 1.54) is 0 Å². The molecular weight excluding hydrogens is 438 g/mol. The third kappa shape index (κ3) is 10.1. The standard InChI is InChI=1S/C19H30O5.C7H9NS/c1-13-11-14(2)18(23)19(3,4)16(21)12-17(22)24-10-8-6-5-7-9-15(13)20;1-3-4-7-5-9-6(2)8-7/h5-6,13-14,16,21H,7-12H2,1-4H3;3-5H,1-2H3/b6-5-;4-3-. The molecule has 6 nitrogen and oxygen atoms in total. The van der Waals surface area contributed by atoms with Gasteiger partial charge in [-0.25, -0.2) is 4.98 Å². The summed E-state index contributed by atoms with van der Waals surface area (Å²) in [6.07, 6.45) is 8.64. The van der Waals surface area contributed by atoms with Crippen LogP contribution in [-0.4, -0.2) is 40.3 Å². The first-order valence-electron chi connectivity index (χ1n) is 11.6. The second kappa shape index (κ2) is 14.2. The summed E-state index contributed by atoms with van der Waals surface area (Å²) in [5, 5.41) is 13.5. The van der Waals surface area contributed by atoms with Crippen LogP contribution in [0.3, 0.4) is 0 Å². The van der Waals surface area contributed by atoms with Crippen molar-refractivity contribution in [1.29, 1.82) is 0 Å². The Balaban J connectivity index is 0.000000502. The molecule has 0 spiro atoms. The van der Waals surface area contributed by atoms with Gasteiger partial charge in [0.25, 0.3) is 0 Å².